The molecule has 5 rings (SSSR count). The molecule has 2 N–H and O–H groups in total. The van der Waals surface area contributed by atoms with Gasteiger partial charge in [-0.15, -0.1) is 0 Å². The summed E-state index contributed by atoms with van der Waals surface area (Å²) < 4.78 is 26.3. The molecule has 1 aromatic heterocycles. The SMILES string of the molecule is CC(C)=C1OC(=O)N(c2cc(OC3CCCC3)c(Cl)cc2F)C1=O.Nc1cnn(-c2ccccc2)c(=O)c1Cl. The van der Waals surface area contributed by atoms with Crippen molar-refractivity contribution in [1.82, 2.24) is 9.78 Å². The van der Waals surface area contributed by atoms with E-state index in [-0.39, 0.29) is 39.0 Å². The summed E-state index contributed by atoms with van der Waals surface area (Å²) >= 11 is 11.8. The monoisotopic (exact) mass is 574 g/mol. The maximum absolute atomic E-state index is 14.3. The lowest BCUT2D eigenvalue weighted by Gasteiger charge is -2.18. The van der Waals surface area contributed by atoms with Gasteiger partial charge in [0.1, 0.15) is 16.6 Å². The molecule has 0 atom stereocenters. The van der Waals surface area contributed by atoms with Crippen LogP contribution in [0.1, 0.15) is 39.5 Å². The Kier molecular flexibility index (Phi) is 8.57. The highest BCUT2D eigenvalue weighted by Gasteiger charge is 2.40. The van der Waals surface area contributed by atoms with E-state index in [1.165, 1.54) is 16.9 Å². The van der Waals surface area contributed by atoms with E-state index in [1.54, 1.807) is 26.0 Å². The number of carbonyl (C=O) groups is 2. The number of anilines is 2. The standard InChI is InChI=1S/C17H17ClFNO4.C10H8ClN3O/c1-9(2)15-16(21)20(17(22)24-15)13-8-14(11(18)7-12(13)19)23-10-5-3-4-6-10;11-9-8(12)6-13-14(10(9)15)7-4-2-1-3-5-7/h7-8,10H,3-6H2,1-2H3;1-6H,12H2. The van der Waals surface area contributed by atoms with E-state index in [0.717, 1.165) is 31.7 Å². The lowest BCUT2D eigenvalue weighted by Crippen LogP contribution is -2.29. The minimum atomic E-state index is -0.941. The molecule has 0 bridgehead atoms. The van der Waals surface area contributed by atoms with Crippen LogP contribution >= 0.6 is 23.2 Å². The van der Waals surface area contributed by atoms with E-state index < -0.39 is 23.4 Å². The molecule has 12 heteroatoms. The number of allylic oxidation sites excluding steroid dienone is 1. The number of nitrogen functional groups attached to an aromatic ring is 1. The number of aromatic nitrogens is 2. The van der Waals surface area contributed by atoms with E-state index in [4.69, 9.17) is 38.4 Å². The Hall–Kier alpha value is -3.89. The van der Waals surface area contributed by atoms with Gasteiger partial charge in [0.2, 0.25) is 0 Å². The van der Waals surface area contributed by atoms with E-state index in [2.05, 4.69) is 5.10 Å². The maximum Gasteiger partial charge on any atom is 0.427 e. The third-order valence-electron chi connectivity index (χ3n) is 6.01. The summed E-state index contributed by atoms with van der Waals surface area (Å²) in [6, 6.07) is 11.3. The van der Waals surface area contributed by atoms with Crippen molar-refractivity contribution in [2.24, 2.45) is 0 Å². The number of imide groups is 1. The van der Waals surface area contributed by atoms with Crippen LogP contribution in [-0.2, 0) is 9.53 Å². The fourth-order valence-corrected chi connectivity index (χ4v) is 4.37. The lowest BCUT2D eigenvalue weighted by molar-refractivity contribution is -0.114. The first-order valence-corrected chi connectivity index (χ1v) is 12.8. The van der Waals surface area contributed by atoms with Crippen molar-refractivity contribution in [3.63, 3.8) is 0 Å². The van der Waals surface area contributed by atoms with E-state index in [9.17, 15) is 18.8 Å². The largest absolute Gasteiger partial charge is 0.489 e. The van der Waals surface area contributed by atoms with Gasteiger partial charge in [-0.1, -0.05) is 41.4 Å². The average molecular weight is 575 g/mol. The Morgan fingerprint density at radius 3 is 2.38 bits per heavy atom. The molecule has 1 saturated heterocycles. The number of halogens is 3. The van der Waals surface area contributed by atoms with Crippen LogP contribution in [-0.4, -0.2) is 27.9 Å². The Bertz CT molecular complexity index is 1500. The molecule has 204 valence electrons. The second-order valence-corrected chi connectivity index (χ2v) is 9.85. The van der Waals surface area contributed by atoms with Gasteiger partial charge in [-0.3, -0.25) is 9.59 Å². The summed E-state index contributed by atoms with van der Waals surface area (Å²) in [6.45, 7) is 3.27. The predicted molar refractivity (Wildman–Crippen MR) is 146 cm³/mol. The smallest absolute Gasteiger partial charge is 0.427 e. The molecule has 2 amide bonds. The molecule has 39 heavy (non-hydrogen) atoms. The lowest BCUT2D eigenvalue weighted by atomic mass is 10.2. The van der Waals surface area contributed by atoms with Crippen LogP contribution in [0.2, 0.25) is 10.0 Å². The molecule has 1 saturated carbocycles. The van der Waals surface area contributed by atoms with Crippen molar-refractivity contribution in [2.75, 3.05) is 10.6 Å². The number of ether oxygens (including phenoxy) is 2. The summed E-state index contributed by atoms with van der Waals surface area (Å²) in [4.78, 5) is 36.7. The molecule has 9 nitrogen and oxygen atoms in total. The first-order chi connectivity index (χ1) is 18.6. The highest BCUT2D eigenvalue weighted by Crippen LogP contribution is 2.37. The number of nitrogens with zero attached hydrogens (tertiary/aromatic N) is 3. The Balaban J connectivity index is 0.000000202. The minimum absolute atomic E-state index is 0.00569. The Morgan fingerprint density at radius 1 is 1.10 bits per heavy atom. The molecule has 2 fully saturated rings. The van der Waals surface area contributed by atoms with E-state index in [1.807, 2.05) is 18.2 Å². The zero-order valence-electron chi connectivity index (χ0n) is 21.1. The van der Waals surface area contributed by atoms with E-state index in [0.29, 0.717) is 16.2 Å². The number of carbonyl (C=O) groups excluding carboxylic acids is 2. The fourth-order valence-electron chi connectivity index (χ4n) is 4.05. The average Bonchev–Trinajstić information content (AvgIpc) is 3.53. The zero-order valence-corrected chi connectivity index (χ0v) is 22.6. The van der Waals surface area contributed by atoms with Gasteiger partial charge in [-0.2, -0.15) is 9.78 Å². The quantitative estimate of drug-likeness (QED) is 0.377. The summed E-state index contributed by atoms with van der Waals surface area (Å²) in [5.74, 6) is -1.33. The second kappa shape index (κ2) is 11.9. The van der Waals surface area contributed by atoms with Gasteiger partial charge in [0.25, 0.3) is 5.56 Å². The van der Waals surface area contributed by atoms with Crippen LogP contribution in [0.4, 0.5) is 20.6 Å². The number of rotatable bonds is 4. The third-order valence-corrected chi connectivity index (χ3v) is 6.68. The zero-order chi connectivity index (χ0) is 28.3. The first-order valence-electron chi connectivity index (χ1n) is 12.1. The van der Waals surface area contributed by atoms with Crippen molar-refractivity contribution in [1.29, 1.82) is 0 Å². The van der Waals surface area contributed by atoms with Gasteiger partial charge in [0.15, 0.2) is 5.76 Å². The highest BCUT2D eigenvalue weighted by molar-refractivity contribution is 6.33. The molecule has 1 aliphatic heterocycles. The number of cyclic esters (lactones) is 1. The van der Waals surface area contributed by atoms with Crippen LogP contribution in [0.5, 0.6) is 5.75 Å². The summed E-state index contributed by atoms with van der Waals surface area (Å²) in [5.41, 5.74) is 6.20. The molecule has 0 radical (unpaired) electrons. The molecule has 2 aliphatic rings. The highest BCUT2D eigenvalue weighted by atomic mass is 35.5. The summed E-state index contributed by atoms with van der Waals surface area (Å²) in [7, 11) is 0. The molecular weight excluding hydrogens is 550 g/mol. The molecule has 2 heterocycles. The van der Waals surface area contributed by atoms with Gasteiger partial charge in [-0.25, -0.2) is 14.1 Å². The number of nitrogens with two attached hydrogens (primary N) is 1. The van der Waals surface area contributed by atoms with Crippen molar-refractivity contribution >= 4 is 46.6 Å². The molecule has 1 aliphatic carbocycles. The number of para-hydroxylation sites is 1. The topological polar surface area (TPSA) is 117 Å². The van der Waals surface area contributed by atoms with Crippen LogP contribution in [0.3, 0.4) is 0 Å². The van der Waals surface area contributed by atoms with Crippen LogP contribution < -0.4 is 20.9 Å². The van der Waals surface area contributed by atoms with Gasteiger partial charge in [0.05, 0.1) is 34.4 Å². The van der Waals surface area contributed by atoms with Crippen LogP contribution in [0, 0.1) is 5.82 Å². The third kappa shape index (κ3) is 6.07. The Labute approximate surface area is 233 Å². The minimum Gasteiger partial charge on any atom is -0.489 e. The number of hydrogen-bond donors (Lipinski definition) is 1. The molecular formula is C27H25Cl2FN4O5. The summed E-state index contributed by atoms with van der Waals surface area (Å²) in [6.07, 6.45) is 4.36. The van der Waals surface area contributed by atoms with Crippen LogP contribution in [0.25, 0.3) is 5.69 Å². The number of hydrogen-bond acceptors (Lipinski definition) is 7. The van der Waals surface area contributed by atoms with E-state index >= 15 is 0 Å². The van der Waals surface area contributed by atoms with Gasteiger partial charge < -0.3 is 15.2 Å². The van der Waals surface area contributed by atoms with Gasteiger partial charge in [-0.05, 0) is 63.3 Å². The molecule has 2 aromatic carbocycles. The van der Waals surface area contributed by atoms with Crippen molar-refractivity contribution in [3.05, 3.63) is 86.2 Å². The van der Waals surface area contributed by atoms with Crippen molar-refractivity contribution in [2.45, 2.75) is 45.6 Å². The normalized spacial score (nSPS) is 15.2. The molecule has 0 unspecified atom stereocenters. The predicted octanol–water partition coefficient (Wildman–Crippen LogP) is 6.05. The molecule has 3 aromatic rings. The summed E-state index contributed by atoms with van der Waals surface area (Å²) in [5, 5.41) is 4.00. The maximum atomic E-state index is 14.3. The second-order valence-electron chi connectivity index (χ2n) is 9.06. The van der Waals surface area contributed by atoms with Gasteiger partial charge >= 0.3 is 12.0 Å². The Morgan fingerprint density at radius 2 is 1.77 bits per heavy atom. The van der Waals surface area contributed by atoms with Gasteiger partial charge in [0, 0.05) is 6.07 Å². The fraction of sp³-hybridized carbons (Fsp3) is 0.259. The first kappa shape index (κ1) is 28.1. The van der Waals surface area contributed by atoms with Crippen molar-refractivity contribution in [3.8, 4) is 11.4 Å². The molecule has 0 spiro atoms. The number of amides is 2. The van der Waals surface area contributed by atoms with Crippen LogP contribution in [0.15, 0.2) is 64.8 Å². The van der Waals surface area contributed by atoms with Crippen molar-refractivity contribution < 1.29 is 23.5 Å². The number of benzene rings is 2.